The predicted molar refractivity (Wildman–Crippen MR) is 76.4 cm³/mol. The topological polar surface area (TPSA) is 15.3 Å². The number of hydrogen-bond acceptors (Lipinski definition) is 2. The zero-order chi connectivity index (χ0) is 12.5. The van der Waals surface area contributed by atoms with E-state index in [4.69, 9.17) is 0 Å². The lowest BCUT2D eigenvalue weighted by Crippen LogP contribution is -2.37. The molecule has 1 aliphatic heterocycles. The van der Waals surface area contributed by atoms with Crippen LogP contribution in [0.2, 0.25) is 0 Å². The van der Waals surface area contributed by atoms with E-state index in [1.54, 1.807) is 0 Å². The smallest absolute Gasteiger partial charge is 0.0194 e. The molecule has 1 heterocycles. The highest BCUT2D eigenvalue weighted by atomic mass is 15.2. The first-order valence-corrected chi connectivity index (χ1v) is 7.68. The molecule has 1 rings (SSSR count). The van der Waals surface area contributed by atoms with Gasteiger partial charge in [0.2, 0.25) is 0 Å². The molecule has 1 fully saturated rings. The van der Waals surface area contributed by atoms with Gasteiger partial charge in [0.1, 0.15) is 0 Å². The van der Waals surface area contributed by atoms with Gasteiger partial charge < -0.3 is 10.2 Å². The van der Waals surface area contributed by atoms with Gasteiger partial charge in [0, 0.05) is 12.6 Å². The van der Waals surface area contributed by atoms with E-state index in [0.29, 0.717) is 0 Å². The molecule has 17 heavy (non-hydrogen) atoms. The first-order chi connectivity index (χ1) is 8.22. The molecule has 0 spiro atoms. The van der Waals surface area contributed by atoms with Gasteiger partial charge in [0.25, 0.3) is 0 Å². The highest BCUT2D eigenvalue weighted by molar-refractivity contribution is 4.76. The summed E-state index contributed by atoms with van der Waals surface area (Å²) in [6.45, 7) is 12.0. The van der Waals surface area contributed by atoms with E-state index < -0.39 is 0 Å². The molecular weight excluding hydrogens is 208 g/mol. The maximum absolute atomic E-state index is 3.68. The highest BCUT2D eigenvalue weighted by Gasteiger charge is 2.16. The van der Waals surface area contributed by atoms with Gasteiger partial charge in [-0.1, -0.05) is 40.0 Å². The average molecular weight is 240 g/mol. The second-order valence-electron chi connectivity index (χ2n) is 5.98. The highest BCUT2D eigenvalue weighted by Crippen LogP contribution is 2.10. The first-order valence-electron chi connectivity index (χ1n) is 7.68. The Labute approximate surface area is 108 Å². The second-order valence-corrected chi connectivity index (χ2v) is 5.98. The summed E-state index contributed by atoms with van der Waals surface area (Å²) in [5.41, 5.74) is 0. The summed E-state index contributed by atoms with van der Waals surface area (Å²) >= 11 is 0. The molecule has 0 saturated carbocycles. The Kier molecular flexibility index (Phi) is 7.87. The predicted octanol–water partition coefficient (Wildman–Crippen LogP) is 3.28. The van der Waals surface area contributed by atoms with E-state index >= 15 is 0 Å². The molecule has 0 aromatic rings. The third-order valence-electron chi connectivity index (χ3n) is 3.71. The Morgan fingerprint density at radius 3 is 2.82 bits per heavy atom. The Bertz CT molecular complexity index is 180. The Morgan fingerprint density at radius 1 is 1.29 bits per heavy atom. The molecule has 1 unspecified atom stereocenters. The van der Waals surface area contributed by atoms with Crippen LogP contribution in [-0.2, 0) is 0 Å². The van der Waals surface area contributed by atoms with E-state index in [0.717, 1.165) is 12.0 Å². The quantitative estimate of drug-likeness (QED) is 0.687. The molecule has 0 amide bonds. The molecular formula is C15H32N2. The van der Waals surface area contributed by atoms with Crippen molar-refractivity contribution in [3.05, 3.63) is 0 Å². The Morgan fingerprint density at radius 2 is 2.12 bits per heavy atom. The Balaban J connectivity index is 2.17. The first kappa shape index (κ1) is 15.0. The SMILES string of the molecule is CCCC1CN(CCCCC(C)C)CCCN1. The van der Waals surface area contributed by atoms with Crippen LogP contribution >= 0.6 is 0 Å². The van der Waals surface area contributed by atoms with Crippen LogP contribution in [0.15, 0.2) is 0 Å². The summed E-state index contributed by atoms with van der Waals surface area (Å²) in [7, 11) is 0. The molecule has 1 aliphatic rings. The molecule has 1 saturated heterocycles. The van der Waals surface area contributed by atoms with E-state index in [1.807, 2.05) is 0 Å². The minimum Gasteiger partial charge on any atom is -0.313 e. The number of nitrogens with one attached hydrogen (secondary N) is 1. The molecule has 1 atom stereocenters. The fraction of sp³-hybridized carbons (Fsp3) is 1.00. The van der Waals surface area contributed by atoms with Crippen LogP contribution in [-0.4, -0.2) is 37.1 Å². The monoisotopic (exact) mass is 240 g/mol. The lowest BCUT2D eigenvalue weighted by atomic mass is 10.1. The van der Waals surface area contributed by atoms with E-state index in [1.165, 1.54) is 64.7 Å². The third-order valence-corrected chi connectivity index (χ3v) is 3.71. The van der Waals surface area contributed by atoms with Gasteiger partial charge in [-0.15, -0.1) is 0 Å². The number of hydrogen-bond donors (Lipinski definition) is 1. The summed E-state index contributed by atoms with van der Waals surface area (Å²) in [6, 6.07) is 0.743. The number of rotatable bonds is 7. The maximum atomic E-state index is 3.68. The zero-order valence-electron chi connectivity index (χ0n) is 12.2. The fourth-order valence-electron chi connectivity index (χ4n) is 2.71. The molecule has 1 N–H and O–H groups in total. The van der Waals surface area contributed by atoms with Crippen LogP contribution in [0.5, 0.6) is 0 Å². The van der Waals surface area contributed by atoms with Crippen LogP contribution in [0.1, 0.15) is 59.3 Å². The van der Waals surface area contributed by atoms with Crippen molar-refractivity contribution in [2.24, 2.45) is 5.92 Å². The number of nitrogens with zero attached hydrogens (tertiary/aromatic N) is 1. The average Bonchev–Trinajstić information content (AvgIpc) is 2.50. The molecule has 0 radical (unpaired) electrons. The zero-order valence-corrected chi connectivity index (χ0v) is 12.2. The van der Waals surface area contributed by atoms with Crippen LogP contribution in [0, 0.1) is 5.92 Å². The van der Waals surface area contributed by atoms with Crippen molar-refractivity contribution in [2.75, 3.05) is 26.2 Å². The van der Waals surface area contributed by atoms with Crippen molar-refractivity contribution in [3.63, 3.8) is 0 Å². The van der Waals surface area contributed by atoms with Crippen molar-refractivity contribution in [2.45, 2.75) is 65.3 Å². The van der Waals surface area contributed by atoms with Gasteiger partial charge in [-0.3, -0.25) is 0 Å². The molecule has 0 aromatic carbocycles. The normalized spacial score (nSPS) is 22.9. The minimum atomic E-state index is 0.743. The molecule has 0 aromatic heterocycles. The van der Waals surface area contributed by atoms with Gasteiger partial charge in [0.15, 0.2) is 0 Å². The lowest BCUT2D eigenvalue weighted by Gasteiger charge is -2.24. The van der Waals surface area contributed by atoms with Crippen molar-refractivity contribution < 1.29 is 0 Å². The molecule has 2 nitrogen and oxygen atoms in total. The van der Waals surface area contributed by atoms with Crippen LogP contribution in [0.4, 0.5) is 0 Å². The van der Waals surface area contributed by atoms with Crippen molar-refractivity contribution in [1.29, 1.82) is 0 Å². The summed E-state index contributed by atoms with van der Waals surface area (Å²) in [6.07, 6.45) is 8.15. The molecule has 0 aliphatic carbocycles. The number of unbranched alkanes of at least 4 members (excludes halogenated alkanes) is 1. The third kappa shape index (κ3) is 7.05. The van der Waals surface area contributed by atoms with Crippen molar-refractivity contribution in [1.82, 2.24) is 10.2 Å². The van der Waals surface area contributed by atoms with Crippen LogP contribution in [0.25, 0.3) is 0 Å². The summed E-state index contributed by atoms with van der Waals surface area (Å²) in [4.78, 5) is 2.68. The van der Waals surface area contributed by atoms with E-state index in [9.17, 15) is 0 Å². The standard InChI is InChI=1S/C15H32N2/c1-4-8-15-13-17(12-7-10-16-15)11-6-5-9-14(2)3/h14-16H,4-13H2,1-3H3. The largest absolute Gasteiger partial charge is 0.313 e. The van der Waals surface area contributed by atoms with E-state index in [2.05, 4.69) is 31.0 Å². The lowest BCUT2D eigenvalue weighted by molar-refractivity contribution is 0.255. The fourth-order valence-corrected chi connectivity index (χ4v) is 2.71. The summed E-state index contributed by atoms with van der Waals surface area (Å²) < 4.78 is 0. The minimum absolute atomic E-state index is 0.743. The maximum Gasteiger partial charge on any atom is 0.0194 e. The van der Waals surface area contributed by atoms with Crippen LogP contribution in [0.3, 0.4) is 0 Å². The van der Waals surface area contributed by atoms with Crippen LogP contribution < -0.4 is 5.32 Å². The van der Waals surface area contributed by atoms with Crippen molar-refractivity contribution >= 4 is 0 Å². The summed E-state index contributed by atoms with van der Waals surface area (Å²) in [5, 5.41) is 3.68. The molecule has 0 bridgehead atoms. The molecule has 102 valence electrons. The van der Waals surface area contributed by atoms with Gasteiger partial charge in [0.05, 0.1) is 0 Å². The molecule has 2 heteroatoms. The van der Waals surface area contributed by atoms with Gasteiger partial charge in [-0.25, -0.2) is 0 Å². The second kappa shape index (κ2) is 8.93. The Hall–Kier alpha value is -0.0800. The van der Waals surface area contributed by atoms with Crippen molar-refractivity contribution in [3.8, 4) is 0 Å². The van der Waals surface area contributed by atoms with Gasteiger partial charge in [-0.05, 0) is 44.8 Å². The van der Waals surface area contributed by atoms with E-state index in [-0.39, 0.29) is 0 Å². The summed E-state index contributed by atoms with van der Waals surface area (Å²) in [5.74, 6) is 0.869. The van der Waals surface area contributed by atoms with Gasteiger partial charge >= 0.3 is 0 Å². The van der Waals surface area contributed by atoms with Gasteiger partial charge in [-0.2, -0.15) is 0 Å².